The Morgan fingerprint density at radius 3 is 2.77 bits per heavy atom. The highest BCUT2D eigenvalue weighted by Crippen LogP contribution is 2.22. The molecule has 3 heteroatoms. The van der Waals surface area contributed by atoms with Gasteiger partial charge in [-0.05, 0) is 31.8 Å². The molecular formula is C10H14ClNO. The Hall–Kier alpha value is -0.730. The largest absolute Gasteiger partial charge is 0.508 e. The molecule has 0 spiro atoms. The van der Waals surface area contributed by atoms with Crippen molar-refractivity contribution in [3.05, 3.63) is 28.8 Å². The van der Waals surface area contributed by atoms with Crippen LogP contribution < -0.4 is 0 Å². The molecule has 1 rings (SSSR count). The average molecular weight is 200 g/mol. The lowest BCUT2D eigenvalue weighted by atomic mass is 10.2. The second-order valence-electron chi connectivity index (χ2n) is 3.10. The summed E-state index contributed by atoms with van der Waals surface area (Å²) in [5, 5.41) is 10.2. The second kappa shape index (κ2) is 4.49. The lowest BCUT2D eigenvalue weighted by Gasteiger charge is -2.14. The second-order valence-corrected chi connectivity index (χ2v) is 3.54. The summed E-state index contributed by atoms with van der Waals surface area (Å²) in [7, 11) is 2.00. The number of hydrogen-bond acceptors (Lipinski definition) is 2. The first-order valence-corrected chi connectivity index (χ1v) is 4.67. The maximum atomic E-state index is 9.49. The first kappa shape index (κ1) is 10.4. The molecule has 1 aromatic rings. The smallest absolute Gasteiger partial charge is 0.120 e. The SMILES string of the molecule is CCN(C)Cc1cc(Cl)ccc1O. The molecule has 0 fully saturated rings. The van der Waals surface area contributed by atoms with Crippen LogP contribution in [0.3, 0.4) is 0 Å². The van der Waals surface area contributed by atoms with Gasteiger partial charge in [0.25, 0.3) is 0 Å². The van der Waals surface area contributed by atoms with Gasteiger partial charge in [-0.1, -0.05) is 18.5 Å². The fraction of sp³-hybridized carbons (Fsp3) is 0.400. The van der Waals surface area contributed by atoms with E-state index in [1.54, 1.807) is 18.2 Å². The molecule has 0 aromatic heterocycles. The molecule has 0 saturated heterocycles. The number of nitrogens with zero attached hydrogens (tertiary/aromatic N) is 1. The maximum Gasteiger partial charge on any atom is 0.120 e. The number of phenolic OH excluding ortho intramolecular Hbond substituents is 1. The van der Waals surface area contributed by atoms with Gasteiger partial charge in [0, 0.05) is 17.1 Å². The van der Waals surface area contributed by atoms with E-state index in [0.29, 0.717) is 10.8 Å². The van der Waals surface area contributed by atoms with Crippen LogP contribution in [0.25, 0.3) is 0 Å². The van der Waals surface area contributed by atoms with Crippen molar-refractivity contribution in [3.63, 3.8) is 0 Å². The Balaban J connectivity index is 2.81. The lowest BCUT2D eigenvalue weighted by Crippen LogP contribution is -2.16. The fourth-order valence-corrected chi connectivity index (χ4v) is 1.28. The van der Waals surface area contributed by atoms with Gasteiger partial charge in [-0.15, -0.1) is 0 Å². The van der Waals surface area contributed by atoms with Crippen LogP contribution in [0, 0.1) is 0 Å². The molecule has 1 aromatic carbocycles. The van der Waals surface area contributed by atoms with Crippen LogP contribution in [-0.4, -0.2) is 23.6 Å². The van der Waals surface area contributed by atoms with Gasteiger partial charge in [-0.2, -0.15) is 0 Å². The lowest BCUT2D eigenvalue weighted by molar-refractivity contribution is 0.337. The van der Waals surface area contributed by atoms with Crippen molar-refractivity contribution in [1.82, 2.24) is 4.90 Å². The summed E-state index contributed by atoms with van der Waals surface area (Å²) in [6.45, 7) is 3.75. The highest BCUT2D eigenvalue weighted by atomic mass is 35.5. The van der Waals surface area contributed by atoms with Crippen LogP contribution in [0.15, 0.2) is 18.2 Å². The number of phenols is 1. The number of benzene rings is 1. The van der Waals surface area contributed by atoms with Crippen molar-refractivity contribution in [2.75, 3.05) is 13.6 Å². The summed E-state index contributed by atoms with van der Waals surface area (Å²) in [6.07, 6.45) is 0. The van der Waals surface area contributed by atoms with Crippen molar-refractivity contribution in [1.29, 1.82) is 0 Å². The van der Waals surface area contributed by atoms with Crippen molar-refractivity contribution < 1.29 is 5.11 Å². The van der Waals surface area contributed by atoms with E-state index in [9.17, 15) is 5.11 Å². The Kier molecular flexibility index (Phi) is 3.58. The number of halogens is 1. The molecule has 0 radical (unpaired) electrons. The van der Waals surface area contributed by atoms with E-state index >= 15 is 0 Å². The molecule has 0 bridgehead atoms. The quantitative estimate of drug-likeness (QED) is 0.809. The van der Waals surface area contributed by atoms with Crippen LogP contribution in [-0.2, 0) is 6.54 Å². The molecule has 2 nitrogen and oxygen atoms in total. The minimum atomic E-state index is 0.310. The summed E-state index contributed by atoms with van der Waals surface area (Å²) >= 11 is 5.81. The molecule has 1 N–H and O–H groups in total. The number of aromatic hydroxyl groups is 1. The number of hydrogen-bond donors (Lipinski definition) is 1. The topological polar surface area (TPSA) is 23.5 Å². The van der Waals surface area contributed by atoms with Crippen molar-refractivity contribution in [3.8, 4) is 5.75 Å². The zero-order valence-electron chi connectivity index (χ0n) is 7.92. The van der Waals surface area contributed by atoms with Crippen LogP contribution >= 0.6 is 11.6 Å². The van der Waals surface area contributed by atoms with Crippen LogP contribution in [0.5, 0.6) is 5.75 Å². The monoisotopic (exact) mass is 199 g/mol. The van der Waals surface area contributed by atoms with E-state index in [4.69, 9.17) is 11.6 Å². The molecule has 0 heterocycles. The molecule has 0 atom stereocenters. The predicted molar refractivity (Wildman–Crippen MR) is 55.1 cm³/mol. The highest BCUT2D eigenvalue weighted by Gasteiger charge is 2.03. The molecular weight excluding hydrogens is 186 g/mol. The van der Waals surface area contributed by atoms with Crippen LogP contribution in [0.1, 0.15) is 12.5 Å². The first-order valence-electron chi connectivity index (χ1n) is 4.29. The minimum Gasteiger partial charge on any atom is -0.508 e. The molecule has 0 unspecified atom stereocenters. The molecule has 0 amide bonds. The van der Waals surface area contributed by atoms with E-state index in [-0.39, 0.29) is 0 Å². The number of rotatable bonds is 3. The molecule has 72 valence electrons. The van der Waals surface area contributed by atoms with Gasteiger partial charge in [0.1, 0.15) is 5.75 Å². The maximum absolute atomic E-state index is 9.49. The van der Waals surface area contributed by atoms with E-state index in [0.717, 1.165) is 18.7 Å². The first-order chi connectivity index (χ1) is 6.13. The van der Waals surface area contributed by atoms with E-state index in [1.165, 1.54) is 0 Å². The van der Waals surface area contributed by atoms with Gasteiger partial charge in [0.05, 0.1) is 0 Å². The fourth-order valence-electron chi connectivity index (χ4n) is 1.08. The summed E-state index contributed by atoms with van der Waals surface area (Å²) in [6, 6.07) is 5.11. The van der Waals surface area contributed by atoms with E-state index in [2.05, 4.69) is 11.8 Å². The van der Waals surface area contributed by atoms with Gasteiger partial charge < -0.3 is 10.0 Å². The summed E-state index contributed by atoms with van der Waals surface area (Å²) in [5.41, 5.74) is 0.872. The molecule has 0 aliphatic rings. The molecule has 13 heavy (non-hydrogen) atoms. The minimum absolute atomic E-state index is 0.310. The third-order valence-electron chi connectivity index (χ3n) is 2.02. The molecule has 0 aliphatic heterocycles. The molecule has 0 aliphatic carbocycles. The normalized spacial score (nSPS) is 10.8. The van der Waals surface area contributed by atoms with Crippen molar-refractivity contribution >= 4 is 11.6 Å². The average Bonchev–Trinajstić information content (AvgIpc) is 2.11. The Labute approximate surface area is 83.7 Å². The van der Waals surface area contributed by atoms with Crippen LogP contribution in [0.2, 0.25) is 5.02 Å². The Morgan fingerprint density at radius 1 is 1.46 bits per heavy atom. The third-order valence-corrected chi connectivity index (χ3v) is 2.26. The van der Waals surface area contributed by atoms with Crippen molar-refractivity contribution in [2.24, 2.45) is 0 Å². The zero-order valence-corrected chi connectivity index (χ0v) is 8.67. The van der Waals surface area contributed by atoms with Gasteiger partial charge in [-0.3, -0.25) is 0 Å². The van der Waals surface area contributed by atoms with Gasteiger partial charge >= 0.3 is 0 Å². The zero-order chi connectivity index (χ0) is 9.84. The molecule has 0 saturated carbocycles. The van der Waals surface area contributed by atoms with Gasteiger partial charge in [-0.25, -0.2) is 0 Å². The summed E-state index contributed by atoms with van der Waals surface area (Å²) in [4.78, 5) is 2.10. The summed E-state index contributed by atoms with van der Waals surface area (Å²) < 4.78 is 0. The van der Waals surface area contributed by atoms with E-state index < -0.39 is 0 Å². The standard InChI is InChI=1S/C10H14ClNO/c1-3-12(2)7-8-6-9(11)4-5-10(8)13/h4-6,13H,3,7H2,1-2H3. The highest BCUT2D eigenvalue weighted by molar-refractivity contribution is 6.30. The van der Waals surface area contributed by atoms with Gasteiger partial charge in [0.2, 0.25) is 0 Å². The van der Waals surface area contributed by atoms with E-state index in [1.807, 2.05) is 7.05 Å². The third kappa shape index (κ3) is 2.90. The van der Waals surface area contributed by atoms with Crippen LogP contribution in [0.4, 0.5) is 0 Å². The predicted octanol–water partition coefficient (Wildman–Crippen LogP) is 2.50. The summed E-state index contributed by atoms with van der Waals surface area (Å²) in [5.74, 6) is 0.310. The Morgan fingerprint density at radius 2 is 2.15 bits per heavy atom. The van der Waals surface area contributed by atoms with Crippen molar-refractivity contribution in [2.45, 2.75) is 13.5 Å². The van der Waals surface area contributed by atoms with Gasteiger partial charge in [0.15, 0.2) is 0 Å². The Bertz CT molecular complexity index is 288.